The molecular formula is C15H14N2O2. The molecule has 0 atom stereocenters. The van der Waals surface area contributed by atoms with Crippen LogP contribution in [0.5, 0.6) is 0 Å². The van der Waals surface area contributed by atoms with E-state index >= 15 is 0 Å². The average molecular weight is 254 g/mol. The Labute approximate surface area is 111 Å². The molecular weight excluding hydrogens is 240 g/mol. The molecule has 0 aliphatic rings. The number of para-hydroxylation sites is 1. The number of hydrazone groups is 1. The average Bonchev–Trinajstić information content (AvgIpc) is 2.46. The Morgan fingerprint density at radius 2 is 1.68 bits per heavy atom. The van der Waals surface area contributed by atoms with E-state index in [1.807, 2.05) is 54.6 Å². The maximum absolute atomic E-state index is 10.7. The van der Waals surface area contributed by atoms with Gasteiger partial charge in [0.2, 0.25) is 0 Å². The van der Waals surface area contributed by atoms with Crippen LogP contribution in [0, 0.1) is 0 Å². The minimum atomic E-state index is -1.04. The highest BCUT2D eigenvalue weighted by atomic mass is 16.4. The summed E-state index contributed by atoms with van der Waals surface area (Å²) < 4.78 is 0. The molecule has 0 radical (unpaired) electrons. The zero-order chi connectivity index (χ0) is 13.7. The van der Waals surface area contributed by atoms with Crippen molar-refractivity contribution in [3.05, 3.63) is 54.6 Å². The summed E-state index contributed by atoms with van der Waals surface area (Å²) in [5.41, 5.74) is 5.62. The highest BCUT2D eigenvalue weighted by Gasteiger charge is 2.05. The first-order valence-electron chi connectivity index (χ1n) is 5.86. The van der Waals surface area contributed by atoms with Crippen LogP contribution in [0.1, 0.15) is 6.92 Å². The van der Waals surface area contributed by atoms with Gasteiger partial charge in [-0.1, -0.05) is 48.5 Å². The second kappa shape index (κ2) is 5.82. The monoisotopic (exact) mass is 254 g/mol. The topological polar surface area (TPSA) is 61.7 Å². The van der Waals surface area contributed by atoms with Crippen LogP contribution >= 0.6 is 0 Å². The van der Waals surface area contributed by atoms with Gasteiger partial charge < -0.3 is 5.11 Å². The van der Waals surface area contributed by atoms with E-state index in [4.69, 9.17) is 5.11 Å². The Bertz CT molecular complexity index is 607. The van der Waals surface area contributed by atoms with Crippen molar-refractivity contribution in [1.29, 1.82) is 0 Å². The molecule has 2 N–H and O–H groups in total. The third kappa shape index (κ3) is 3.19. The number of carboxylic acid groups (broad SMARTS) is 1. The third-order valence-corrected chi connectivity index (χ3v) is 2.67. The number of nitrogens with zero attached hydrogens (tertiary/aromatic N) is 1. The fraction of sp³-hybridized carbons (Fsp3) is 0.0667. The predicted octanol–water partition coefficient (Wildman–Crippen LogP) is 3.23. The van der Waals surface area contributed by atoms with E-state index in [1.165, 1.54) is 6.92 Å². The number of hydrogen-bond donors (Lipinski definition) is 2. The van der Waals surface area contributed by atoms with E-state index in [0.29, 0.717) is 0 Å². The molecule has 0 heterocycles. The molecule has 19 heavy (non-hydrogen) atoms. The summed E-state index contributed by atoms with van der Waals surface area (Å²) in [6.45, 7) is 1.44. The fourth-order valence-corrected chi connectivity index (χ4v) is 1.64. The van der Waals surface area contributed by atoms with E-state index in [-0.39, 0.29) is 5.71 Å². The standard InChI is InChI=1S/C15H14N2O2/c1-11(15(18)19)16-17-14-10-6-5-9-13(14)12-7-3-2-4-8-12/h2-10,17H,1H3,(H,18,19)/b16-11+. The largest absolute Gasteiger partial charge is 0.477 e. The van der Waals surface area contributed by atoms with E-state index in [1.54, 1.807) is 0 Å². The molecule has 2 rings (SSSR count). The molecule has 0 saturated heterocycles. The normalized spacial score (nSPS) is 11.1. The zero-order valence-electron chi connectivity index (χ0n) is 10.5. The molecule has 0 unspecified atom stereocenters. The summed E-state index contributed by atoms with van der Waals surface area (Å²) in [4.78, 5) is 10.7. The van der Waals surface area contributed by atoms with E-state index in [0.717, 1.165) is 16.8 Å². The van der Waals surface area contributed by atoms with Gasteiger partial charge in [0.1, 0.15) is 5.71 Å². The van der Waals surface area contributed by atoms with Crippen molar-refractivity contribution in [2.45, 2.75) is 6.92 Å². The van der Waals surface area contributed by atoms with Gasteiger partial charge in [-0.2, -0.15) is 5.10 Å². The molecule has 0 fully saturated rings. The smallest absolute Gasteiger partial charge is 0.351 e. The number of hydrogen-bond acceptors (Lipinski definition) is 3. The molecule has 96 valence electrons. The van der Waals surface area contributed by atoms with Crippen molar-refractivity contribution in [2.75, 3.05) is 5.43 Å². The lowest BCUT2D eigenvalue weighted by molar-refractivity contribution is -0.129. The van der Waals surface area contributed by atoms with Gasteiger partial charge in [0, 0.05) is 5.56 Å². The molecule has 0 saturated carbocycles. The van der Waals surface area contributed by atoms with Gasteiger partial charge in [-0.05, 0) is 18.6 Å². The second-order valence-corrected chi connectivity index (χ2v) is 4.03. The van der Waals surface area contributed by atoms with Crippen LogP contribution in [-0.2, 0) is 4.79 Å². The first kappa shape index (κ1) is 12.8. The van der Waals surface area contributed by atoms with Gasteiger partial charge in [0.05, 0.1) is 5.69 Å². The highest BCUT2D eigenvalue weighted by Crippen LogP contribution is 2.27. The van der Waals surface area contributed by atoms with Crippen molar-refractivity contribution < 1.29 is 9.90 Å². The van der Waals surface area contributed by atoms with Gasteiger partial charge in [-0.15, -0.1) is 0 Å². The van der Waals surface area contributed by atoms with Gasteiger partial charge in [-0.3, -0.25) is 5.43 Å². The Kier molecular flexibility index (Phi) is 3.93. The van der Waals surface area contributed by atoms with Crippen molar-refractivity contribution in [3.8, 4) is 11.1 Å². The van der Waals surface area contributed by atoms with Gasteiger partial charge >= 0.3 is 5.97 Å². The Hall–Kier alpha value is -2.62. The lowest BCUT2D eigenvalue weighted by atomic mass is 10.0. The van der Waals surface area contributed by atoms with Gasteiger partial charge in [-0.25, -0.2) is 4.79 Å². The number of aliphatic carboxylic acids is 1. The van der Waals surface area contributed by atoms with Crippen molar-refractivity contribution >= 4 is 17.4 Å². The summed E-state index contributed by atoms with van der Waals surface area (Å²) in [6.07, 6.45) is 0. The van der Waals surface area contributed by atoms with Gasteiger partial charge in [0.25, 0.3) is 0 Å². The number of carbonyl (C=O) groups is 1. The molecule has 0 spiro atoms. The lowest BCUT2D eigenvalue weighted by Gasteiger charge is -2.09. The summed E-state index contributed by atoms with van der Waals surface area (Å²) in [5.74, 6) is -1.04. The molecule has 0 aliphatic heterocycles. The first-order chi connectivity index (χ1) is 9.18. The van der Waals surface area contributed by atoms with Crippen molar-refractivity contribution in [1.82, 2.24) is 0 Å². The van der Waals surface area contributed by atoms with Crippen LogP contribution in [0.2, 0.25) is 0 Å². The highest BCUT2D eigenvalue weighted by molar-refractivity contribution is 6.34. The van der Waals surface area contributed by atoms with E-state index in [9.17, 15) is 4.79 Å². The number of carboxylic acids is 1. The Morgan fingerprint density at radius 3 is 2.37 bits per heavy atom. The second-order valence-electron chi connectivity index (χ2n) is 4.03. The summed E-state index contributed by atoms with van der Waals surface area (Å²) in [6, 6.07) is 17.5. The zero-order valence-corrected chi connectivity index (χ0v) is 10.5. The molecule has 2 aromatic rings. The van der Waals surface area contributed by atoms with Crippen molar-refractivity contribution in [2.24, 2.45) is 5.10 Å². The number of rotatable bonds is 4. The molecule has 2 aromatic carbocycles. The van der Waals surface area contributed by atoms with Crippen molar-refractivity contribution in [3.63, 3.8) is 0 Å². The number of anilines is 1. The summed E-state index contributed by atoms with van der Waals surface area (Å²) in [7, 11) is 0. The minimum absolute atomic E-state index is 0.0165. The van der Waals surface area contributed by atoms with Crippen LogP contribution in [0.4, 0.5) is 5.69 Å². The van der Waals surface area contributed by atoms with Gasteiger partial charge in [0.15, 0.2) is 0 Å². The minimum Gasteiger partial charge on any atom is -0.477 e. The van der Waals surface area contributed by atoms with E-state index < -0.39 is 5.97 Å². The first-order valence-corrected chi connectivity index (χ1v) is 5.86. The van der Waals surface area contributed by atoms with Crippen LogP contribution in [-0.4, -0.2) is 16.8 Å². The summed E-state index contributed by atoms with van der Waals surface area (Å²) >= 11 is 0. The maximum Gasteiger partial charge on any atom is 0.351 e. The van der Waals surface area contributed by atoms with Crippen LogP contribution in [0.15, 0.2) is 59.7 Å². The lowest BCUT2D eigenvalue weighted by Crippen LogP contribution is -2.10. The van der Waals surface area contributed by atoms with Crippen LogP contribution in [0.3, 0.4) is 0 Å². The number of benzene rings is 2. The molecule has 0 bridgehead atoms. The fourth-order valence-electron chi connectivity index (χ4n) is 1.64. The molecule has 0 aliphatic carbocycles. The Morgan fingerprint density at radius 1 is 1.05 bits per heavy atom. The Balaban J connectivity index is 2.32. The third-order valence-electron chi connectivity index (χ3n) is 2.67. The maximum atomic E-state index is 10.7. The van der Waals surface area contributed by atoms with E-state index in [2.05, 4.69) is 10.5 Å². The molecule has 4 nitrogen and oxygen atoms in total. The quantitative estimate of drug-likeness (QED) is 0.650. The van der Waals surface area contributed by atoms with Crippen LogP contribution in [0.25, 0.3) is 11.1 Å². The molecule has 0 aromatic heterocycles. The molecule has 0 amide bonds. The predicted molar refractivity (Wildman–Crippen MR) is 76.2 cm³/mol. The molecule has 4 heteroatoms. The number of nitrogens with one attached hydrogen (secondary N) is 1. The van der Waals surface area contributed by atoms with Crippen LogP contribution < -0.4 is 5.43 Å². The summed E-state index contributed by atoms with van der Waals surface area (Å²) in [5, 5.41) is 12.6. The SMILES string of the molecule is C/C(=N\Nc1ccccc1-c1ccccc1)C(=O)O.